The lowest BCUT2D eigenvalue weighted by Crippen LogP contribution is -2.33. The largest absolute Gasteiger partial charge is 0.341 e. The first-order valence-corrected chi connectivity index (χ1v) is 20.7. The van der Waals surface area contributed by atoms with Gasteiger partial charge < -0.3 is 15.6 Å². The summed E-state index contributed by atoms with van der Waals surface area (Å²) in [4.78, 5) is 46.5. The number of hydrogen-bond donors (Lipinski definition) is 3. The van der Waals surface area contributed by atoms with Gasteiger partial charge in [-0.05, 0) is 52.3 Å². The van der Waals surface area contributed by atoms with Crippen molar-refractivity contribution < 1.29 is 9.59 Å². The Balaban J connectivity index is 1.40. The Kier molecular flexibility index (Phi) is 10.1. The van der Waals surface area contributed by atoms with Gasteiger partial charge in [0.1, 0.15) is 21.7 Å². The van der Waals surface area contributed by atoms with Crippen molar-refractivity contribution in [3.8, 4) is 21.7 Å². The summed E-state index contributed by atoms with van der Waals surface area (Å²) in [6.45, 7) is 12.3. The molecule has 0 bridgehead atoms. The van der Waals surface area contributed by atoms with Crippen LogP contribution >= 0.6 is 22.7 Å². The molecule has 4 heterocycles. The number of fused-ring (bicyclic) bond motifs is 2. The molecule has 0 fully saturated rings. The van der Waals surface area contributed by atoms with E-state index in [2.05, 4.69) is 72.8 Å². The highest BCUT2D eigenvalue weighted by atomic mass is 32.1. The van der Waals surface area contributed by atoms with Crippen molar-refractivity contribution in [2.45, 2.75) is 54.4 Å². The van der Waals surface area contributed by atoms with Crippen molar-refractivity contribution in [2.24, 2.45) is 15.8 Å². The smallest absolute Gasteiger partial charge is 0.226 e. The van der Waals surface area contributed by atoms with Crippen molar-refractivity contribution in [1.29, 1.82) is 0 Å². The molecule has 2 amide bonds. The van der Waals surface area contributed by atoms with Gasteiger partial charge in [0.2, 0.25) is 11.8 Å². The van der Waals surface area contributed by atoms with E-state index in [0.717, 1.165) is 69.5 Å². The molecule has 4 aromatic carbocycles. The summed E-state index contributed by atoms with van der Waals surface area (Å²) in [6.07, 6.45) is 2.67. The number of aromatic amines is 1. The van der Waals surface area contributed by atoms with Crippen LogP contribution in [0.15, 0.2) is 120 Å². The average Bonchev–Trinajstić information content (AvgIpc) is 3.93. The highest BCUT2D eigenvalue weighted by Crippen LogP contribution is 2.47. The second kappa shape index (κ2) is 15.2. The number of allylic oxidation sites excluding steroid dienone is 1. The number of thiazole rings is 2. The van der Waals surface area contributed by atoms with Crippen LogP contribution < -0.4 is 10.6 Å². The zero-order chi connectivity index (χ0) is 39.9. The summed E-state index contributed by atoms with van der Waals surface area (Å²) in [5, 5.41) is 7.98. The van der Waals surface area contributed by atoms with Crippen LogP contribution in [-0.2, 0) is 9.59 Å². The lowest BCUT2D eigenvalue weighted by Gasteiger charge is -2.17. The molecule has 0 radical (unpaired) electrons. The summed E-state index contributed by atoms with van der Waals surface area (Å²) in [5.41, 5.74) is 7.84. The average molecular weight is 789 g/mol. The standard InChI is InChI=1S/C47H44N6O2S2/c1-46(2,3)26-36(54)52-42-40(44-50-30-21-13-15-23-34(30)56-44)38(28-17-9-7-10-18-28)32(48-42)25-33-39(29-19-11-8-12-20-29)41(43(49-33)53-37(55)27-47(4,5)6)45-51-31-22-14-16-24-35(31)57-45/h7-25,48H,26-27H2,1-6H3,(H,52,54)(H,49,53,55). The van der Waals surface area contributed by atoms with Crippen molar-refractivity contribution in [3.63, 3.8) is 0 Å². The second-order valence-corrected chi connectivity index (χ2v) is 18.7. The van der Waals surface area contributed by atoms with Gasteiger partial charge in [0.05, 0.1) is 43.0 Å². The van der Waals surface area contributed by atoms with E-state index in [4.69, 9.17) is 15.0 Å². The lowest BCUT2D eigenvalue weighted by atomic mass is 9.92. The lowest BCUT2D eigenvalue weighted by molar-refractivity contribution is -0.121. The van der Waals surface area contributed by atoms with Crippen molar-refractivity contribution in [3.05, 3.63) is 131 Å². The zero-order valence-electron chi connectivity index (χ0n) is 32.9. The number of carbonyl (C=O) groups excluding carboxylic acids is 2. The van der Waals surface area contributed by atoms with E-state index in [1.807, 2.05) is 99.6 Å². The summed E-state index contributed by atoms with van der Waals surface area (Å²) < 4.78 is 2.09. The fraction of sp³-hybridized carbons (Fsp3) is 0.213. The van der Waals surface area contributed by atoms with Gasteiger partial charge in [0, 0.05) is 24.0 Å². The maximum atomic E-state index is 13.7. The van der Waals surface area contributed by atoms with E-state index < -0.39 is 0 Å². The van der Waals surface area contributed by atoms with Gasteiger partial charge in [-0.25, -0.2) is 15.0 Å². The number of benzene rings is 4. The van der Waals surface area contributed by atoms with Crippen LogP contribution in [0.2, 0.25) is 0 Å². The molecule has 0 spiro atoms. The van der Waals surface area contributed by atoms with Crippen LogP contribution in [-0.4, -0.2) is 32.6 Å². The van der Waals surface area contributed by atoms with Crippen LogP contribution in [0.3, 0.4) is 0 Å². The van der Waals surface area contributed by atoms with E-state index in [9.17, 15) is 9.59 Å². The molecule has 0 unspecified atom stereocenters. The van der Waals surface area contributed by atoms with E-state index in [1.165, 1.54) is 0 Å². The second-order valence-electron chi connectivity index (χ2n) is 16.7. The fourth-order valence-corrected chi connectivity index (χ4v) is 9.08. The van der Waals surface area contributed by atoms with Gasteiger partial charge >= 0.3 is 0 Å². The minimum Gasteiger partial charge on any atom is -0.341 e. The first kappa shape index (κ1) is 37.9. The zero-order valence-corrected chi connectivity index (χ0v) is 34.5. The normalized spacial score (nSPS) is 14.1. The van der Waals surface area contributed by atoms with Gasteiger partial charge in [-0.3, -0.25) is 9.59 Å². The first-order chi connectivity index (χ1) is 27.3. The van der Waals surface area contributed by atoms with Crippen molar-refractivity contribution >= 4 is 83.8 Å². The number of nitrogens with zero attached hydrogens (tertiary/aromatic N) is 3. The molecule has 1 aliphatic heterocycles. The van der Waals surface area contributed by atoms with Gasteiger partial charge in [-0.1, -0.05) is 126 Å². The number of aliphatic imine (C=N–C) groups is 1. The third-order valence-corrected chi connectivity index (χ3v) is 11.4. The number of H-pyrrole nitrogens is 1. The molecule has 0 atom stereocenters. The number of hydrogen-bond acceptors (Lipinski definition) is 7. The maximum Gasteiger partial charge on any atom is 0.226 e. The predicted octanol–water partition coefficient (Wildman–Crippen LogP) is 11.9. The number of amides is 2. The highest BCUT2D eigenvalue weighted by Gasteiger charge is 2.32. The van der Waals surface area contributed by atoms with Crippen LogP contribution in [0, 0.1) is 10.8 Å². The summed E-state index contributed by atoms with van der Waals surface area (Å²) in [5.74, 6) is 0.786. The molecule has 3 aromatic heterocycles. The molecule has 0 saturated carbocycles. The third kappa shape index (κ3) is 8.28. The molecular weight excluding hydrogens is 745 g/mol. The molecular formula is C47H44N6O2S2. The first-order valence-electron chi connectivity index (χ1n) is 19.0. The summed E-state index contributed by atoms with van der Waals surface area (Å²) >= 11 is 3.16. The number of para-hydroxylation sites is 2. The van der Waals surface area contributed by atoms with E-state index >= 15 is 0 Å². The topological polar surface area (TPSA) is 112 Å². The molecule has 8 nitrogen and oxygen atoms in total. The number of amidine groups is 1. The monoisotopic (exact) mass is 788 g/mol. The Labute approximate surface area is 340 Å². The minimum absolute atomic E-state index is 0.101. The number of nitrogens with one attached hydrogen (secondary N) is 3. The predicted molar refractivity (Wildman–Crippen MR) is 238 cm³/mol. The molecule has 10 heteroatoms. The van der Waals surface area contributed by atoms with Crippen LogP contribution in [0.1, 0.15) is 70.6 Å². The van der Waals surface area contributed by atoms with Crippen LogP contribution in [0.5, 0.6) is 0 Å². The highest BCUT2D eigenvalue weighted by molar-refractivity contribution is 7.21. The van der Waals surface area contributed by atoms with Crippen LogP contribution in [0.4, 0.5) is 5.82 Å². The number of rotatable bonds is 8. The Morgan fingerprint density at radius 1 is 0.614 bits per heavy atom. The molecule has 3 N–H and O–H groups in total. The van der Waals surface area contributed by atoms with Gasteiger partial charge in [-0.2, -0.15) is 0 Å². The number of aromatic nitrogens is 3. The van der Waals surface area contributed by atoms with Gasteiger partial charge in [0.15, 0.2) is 0 Å². The van der Waals surface area contributed by atoms with Crippen molar-refractivity contribution in [1.82, 2.24) is 20.3 Å². The summed E-state index contributed by atoms with van der Waals surface area (Å²) in [7, 11) is 0. The molecule has 0 aliphatic carbocycles. The SMILES string of the molecule is CC(C)(C)CC(=O)NC1=NC(=Cc2[nH]c(NC(=O)CC(C)(C)C)c(-c3nc4ccccc4s3)c2-c2ccccc2)C(c2ccccc2)=C1c1nc2ccccc2s1. The Morgan fingerprint density at radius 2 is 1.12 bits per heavy atom. The van der Waals surface area contributed by atoms with Crippen molar-refractivity contribution in [2.75, 3.05) is 5.32 Å². The summed E-state index contributed by atoms with van der Waals surface area (Å²) in [6, 6.07) is 36.4. The van der Waals surface area contributed by atoms with Gasteiger partial charge in [-0.15, -0.1) is 22.7 Å². The number of carbonyl (C=O) groups is 2. The minimum atomic E-state index is -0.233. The van der Waals surface area contributed by atoms with E-state index in [-0.39, 0.29) is 22.6 Å². The number of anilines is 1. The fourth-order valence-electron chi connectivity index (χ4n) is 7.04. The molecule has 57 heavy (non-hydrogen) atoms. The molecule has 8 rings (SSSR count). The van der Waals surface area contributed by atoms with E-state index in [0.29, 0.717) is 30.2 Å². The van der Waals surface area contributed by atoms with E-state index in [1.54, 1.807) is 22.7 Å². The molecule has 7 aromatic rings. The molecule has 1 aliphatic rings. The third-order valence-electron chi connectivity index (χ3n) is 9.33. The quantitative estimate of drug-likeness (QED) is 0.142. The van der Waals surface area contributed by atoms with Gasteiger partial charge in [0.25, 0.3) is 0 Å². The molecule has 0 saturated heterocycles. The Bertz CT molecular complexity index is 2670. The maximum absolute atomic E-state index is 13.7. The Morgan fingerprint density at radius 3 is 1.70 bits per heavy atom. The Hall–Kier alpha value is -5.97. The van der Waals surface area contributed by atoms with Crippen LogP contribution in [0.25, 0.3) is 59.4 Å². The molecule has 286 valence electrons.